The Hall–Kier alpha value is -1.16. The lowest BCUT2D eigenvalue weighted by molar-refractivity contribution is 0.0748. The highest BCUT2D eigenvalue weighted by Crippen LogP contribution is 2.11. The van der Waals surface area contributed by atoms with E-state index in [-0.39, 0.29) is 11.6 Å². The number of nitrogens with zero attached hydrogens (tertiary/aromatic N) is 1. The third kappa shape index (κ3) is 3.70. The SMILES string of the molecule is CC(C)(O)CCNc1ncccc1F. The number of rotatable bonds is 4. The second-order valence-corrected chi connectivity index (χ2v) is 3.82. The molecule has 0 aliphatic heterocycles. The van der Waals surface area contributed by atoms with Crippen molar-refractivity contribution in [2.75, 3.05) is 11.9 Å². The van der Waals surface area contributed by atoms with Gasteiger partial charge in [0.15, 0.2) is 11.6 Å². The van der Waals surface area contributed by atoms with Crippen molar-refractivity contribution < 1.29 is 9.50 Å². The van der Waals surface area contributed by atoms with Crippen LogP contribution in [0.5, 0.6) is 0 Å². The summed E-state index contributed by atoms with van der Waals surface area (Å²) in [4.78, 5) is 3.83. The maximum Gasteiger partial charge on any atom is 0.165 e. The molecule has 4 heteroatoms. The maximum absolute atomic E-state index is 13.0. The van der Waals surface area contributed by atoms with E-state index >= 15 is 0 Å². The Morgan fingerprint density at radius 1 is 1.57 bits per heavy atom. The number of hydrogen-bond acceptors (Lipinski definition) is 3. The molecule has 3 nitrogen and oxygen atoms in total. The van der Waals surface area contributed by atoms with Gasteiger partial charge >= 0.3 is 0 Å². The van der Waals surface area contributed by atoms with Crippen LogP contribution in [-0.2, 0) is 0 Å². The average molecular weight is 198 g/mol. The molecule has 0 amide bonds. The maximum atomic E-state index is 13.0. The summed E-state index contributed by atoms with van der Waals surface area (Å²) in [5, 5.41) is 12.2. The van der Waals surface area contributed by atoms with Crippen LogP contribution in [0.2, 0.25) is 0 Å². The lowest BCUT2D eigenvalue weighted by Gasteiger charge is -2.17. The van der Waals surface area contributed by atoms with Crippen LogP contribution in [0.1, 0.15) is 20.3 Å². The summed E-state index contributed by atoms with van der Waals surface area (Å²) in [6, 6.07) is 2.88. The van der Waals surface area contributed by atoms with Crippen molar-refractivity contribution in [1.82, 2.24) is 4.98 Å². The van der Waals surface area contributed by atoms with Gasteiger partial charge in [-0.25, -0.2) is 9.37 Å². The van der Waals surface area contributed by atoms with Crippen molar-refractivity contribution in [3.63, 3.8) is 0 Å². The fourth-order valence-electron chi connectivity index (χ4n) is 1.00. The van der Waals surface area contributed by atoms with E-state index in [0.717, 1.165) is 0 Å². The lowest BCUT2D eigenvalue weighted by Crippen LogP contribution is -2.23. The number of hydrogen-bond donors (Lipinski definition) is 2. The number of halogens is 1. The minimum atomic E-state index is -0.738. The number of pyridine rings is 1. The zero-order chi connectivity index (χ0) is 10.6. The summed E-state index contributed by atoms with van der Waals surface area (Å²) in [6.45, 7) is 3.92. The summed E-state index contributed by atoms with van der Waals surface area (Å²) in [5.41, 5.74) is -0.738. The molecular formula is C10H15FN2O. The molecule has 0 atom stereocenters. The van der Waals surface area contributed by atoms with Crippen molar-refractivity contribution in [2.45, 2.75) is 25.9 Å². The van der Waals surface area contributed by atoms with Crippen molar-refractivity contribution in [1.29, 1.82) is 0 Å². The summed E-state index contributed by atoms with van der Waals surface area (Å²) < 4.78 is 13.0. The van der Waals surface area contributed by atoms with Gasteiger partial charge in [0.2, 0.25) is 0 Å². The Labute approximate surface area is 83.0 Å². The molecule has 0 aromatic carbocycles. The highest BCUT2D eigenvalue weighted by Gasteiger charge is 2.11. The third-order valence-corrected chi connectivity index (χ3v) is 1.79. The average Bonchev–Trinajstić information content (AvgIpc) is 2.06. The monoisotopic (exact) mass is 198 g/mol. The molecule has 0 bridgehead atoms. The van der Waals surface area contributed by atoms with Crippen LogP contribution in [0.4, 0.5) is 10.2 Å². The molecule has 78 valence electrons. The van der Waals surface area contributed by atoms with Crippen LogP contribution in [0.3, 0.4) is 0 Å². The number of aliphatic hydroxyl groups is 1. The fourth-order valence-corrected chi connectivity index (χ4v) is 1.00. The van der Waals surface area contributed by atoms with Crippen LogP contribution in [-0.4, -0.2) is 22.2 Å². The molecule has 0 saturated heterocycles. The second-order valence-electron chi connectivity index (χ2n) is 3.82. The number of anilines is 1. The summed E-state index contributed by atoms with van der Waals surface area (Å²) in [5.74, 6) is -0.139. The van der Waals surface area contributed by atoms with Crippen LogP contribution >= 0.6 is 0 Å². The molecule has 0 spiro atoms. The van der Waals surface area contributed by atoms with Gasteiger partial charge in [0, 0.05) is 12.7 Å². The smallest absolute Gasteiger partial charge is 0.165 e. The Kier molecular flexibility index (Phi) is 3.41. The van der Waals surface area contributed by atoms with Crippen LogP contribution in [0.15, 0.2) is 18.3 Å². The molecule has 1 aromatic rings. The van der Waals surface area contributed by atoms with Gasteiger partial charge in [-0.1, -0.05) is 0 Å². The molecular weight excluding hydrogens is 183 g/mol. The normalized spacial score (nSPS) is 11.4. The summed E-state index contributed by atoms with van der Waals surface area (Å²) in [6.07, 6.45) is 2.07. The van der Waals surface area contributed by atoms with E-state index in [9.17, 15) is 9.50 Å². The van der Waals surface area contributed by atoms with Crippen molar-refractivity contribution in [2.24, 2.45) is 0 Å². The molecule has 2 N–H and O–H groups in total. The molecule has 1 heterocycles. The van der Waals surface area contributed by atoms with E-state index in [1.165, 1.54) is 18.3 Å². The van der Waals surface area contributed by atoms with E-state index < -0.39 is 5.60 Å². The van der Waals surface area contributed by atoms with Crippen LogP contribution in [0, 0.1) is 5.82 Å². The van der Waals surface area contributed by atoms with Gasteiger partial charge in [-0.05, 0) is 32.4 Å². The minimum Gasteiger partial charge on any atom is -0.390 e. The zero-order valence-corrected chi connectivity index (χ0v) is 8.42. The van der Waals surface area contributed by atoms with Gasteiger partial charge in [0.05, 0.1) is 5.60 Å². The van der Waals surface area contributed by atoms with Gasteiger partial charge < -0.3 is 10.4 Å². The summed E-state index contributed by atoms with van der Waals surface area (Å²) >= 11 is 0. The zero-order valence-electron chi connectivity index (χ0n) is 8.42. The first-order valence-electron chi connectivity index (χ1n) is 4.56. The molecule has 0 unspecified atom stereocenters. The molecule has 1 rings (SSSR count). The van der Waals surface area contributed by atoms with E-state index in [4.69, 9.17) is 0 Å². The molecule has 14 heavy (non-hydrogen) atoms. The standard InChI is InChI=1S/C10H15FN2O/c1-10(2,14)5-7-13-9-8(11)4-3-6-12-9/h3-4,6,14H,5,7H2,1-2H3,(H,12,13). The van der Waals surface area contributed by atoms with Crippen LogP contribution in [0.25, 0.3) is 0 Å². The fraction of sp³-hybridized carbons (Fsp3) is 0.500. The van der Waals surface area contributed by atoms with Gasteiger partial charge in [-0.2, -0.15) is 0 Å². The van der Waals surface area contributed by atoms with Gasteiger partial charge in [-0.3, -0.25) is 0 Å². The molecule has 0 aliphatic rings. The minimum absolute atomic E-state index is 0.233. The summed E-state index contributed by atoms with van der Waals surface area (Å²) in [7, 11) is 0. The molecule has 0 aliphatic carbocycles. The molecule has 1 aromatic heterocycles. The van der Waals surface area contributed by atoms with Gasteiger partial charge in [0.1, 0.15) is 0 Å². The predicted octanol–water partition coefficient (Wildman–Crippen LogP) is 1.79. The van der Waals surface area contributed by atoms with E-state index in [1.54, 1.807) is 13.8 Å². The quantitative estimate of drug-likeness (QED) is 0.775. The Bertz CT molecular complexity index is 296. The number of nitrogens with one attached hydrogen (secondary N) is 1. The van der Waals surface area contributed by atoms with E-state index in [0.29, 0.717) is 13.0 Å². The second kappa shape index (κ2) is 4.37. The molecule has 0 fully saturated rings. The molecule has 0 saturated carbocycles. The third-order valence-electron chi connectivity index (χ3n) is 1.79. The molecule has 0 radical (unpaired) electrons. The predicted molar refractivity (Wildman–Crippen MR) is 53.6 cm³/mol. The van der Waals surface area contributed by atoms with E-state index in [1.807, 2.05) is 0 Å². The highest BCUT2D eigenvalue weighted by atomic mass is 19.1. The Balaban J connectivity index is 2.43. The van der Waals surface area contributed by atoms with Crippen molar-refractivity contribution >= 4 is 5.82 Å². The van der Waals surface area contributed by atoms with E-state index in [2.05, 4.69) is 10.3 Å². The first-order valence-corrected chi connectivity index (χ1v) is 4.56. The largest absolute Gasteiger partial charge is 0.390 e. The topological polar surface area (TPSA) is 45.1 Å². The highest BCUT2D eigenvalue weighted by molar-refractivity contribution is 5.35. The lowest BCUT2D eigenvalue weighted by atomic mass is 10.1. The first kappa shape index (κ1) is 10.9. The van der Waals surface area contributed by atoms with Gasteiger partial charge in [0.25, 0.3) is 0 Å². The van der Waals surface area contributed by atoms with Crippen molar-refractivity contribution in [3.05, 3.63) is 24.1 Å². The first-order chi connectivity index (χ1) is 6.49. The van der Waals surface area contributed by atoms with Crippen LogP contribution < -0.4 is 5.32 Å². The number of aromatic nitrogens is 1. The Morgan fingerprint density at radius 3 is 2.86 bits per heavy atom. The van der Waals surface area contributed by atoms with Gasteiger partial charge in [-0.15, -0.1) is 0 Å². The van der Waals surface area contributed by atoms with Crippen molar-refractivity contribution in [3.8, 4) is 0 Å². The Morgan fingerprint density at radius 2 is 2.29 bits per heavy atom.